The molecule has 21 heavy (non-hydrogen) atoms. The van der Waals surface area contributed by atoms with E-state index < -0.39 is 0 Å². The normalized spacial score (nSPS) is 12.4. The number of rotatable bonds is 1. The Balaban J connectivity index is 0.000000567. The van der Waals surface area contributed by atoms with Crippen LogP contribution in [0.2, 0.25) is 0 Å². The van der Waals surface area contributed by atoms with Gasteiger partial charge in [-0.05, 0) is 0 Å². The van der Waals surface area contributed by atoms with Crippen LogP contribution in [0.3, 0.4) is 0 Å². The van der Waals surface area contributed by atoms with Crippen molar-refractivity contribution in [2.24, 2.45) is 10.8 Å². The zero-order valence-electron chi connectivity index (χ0n) is 14.7. The molecule has 2 nitrogen and oxygen atoms in total. The van der Waals surface area contributed by atoms with E-state index in [1.165, 1.54) is 42.6 Å². The van der Waals surface area contributed by atoms with E-state index in [0.717, 1.165) is 11.7 Å². The van der Waals surface area contributed by atoms with Crippen molar-refractivity contribution in [3.05, 3.63) is 17.8 Å². The Labute approximate surface area is 152 Å². The minimum absolute atomic E-state index is 0.0394. The first-order chi connectivity index (χ1) is 9.18. The van der Waals surface area contributed by atoms with Gasteiger partial charge < -0.3 is 0 Å². The predicted molar refractivity (Wildman–Crippen MR) is 82.1 cm³/mol. The molecule has 0 spiro atoms. The van der Waals surface area contributed by atoms with Crippen LogP contribution in [0.25, 0.3) is 0 Å². The fraction of sp³-hybridized carbons (Fsp3) is 0.706. The molecular formula is C17H27NOW2-2. The van der Waals surface area contributed by atoms with Crippen LogP contribution in [0, 0.1) is 17.0 Å². The molecule has 0 radical (unpaired) electrons. The van der Waals surface area contributed by atoms with Crippen LogP contribution in [-0.2, 0) is 44.1 Å². The van der Waals surface area contributed by atoms with Crippen molar-refractivity contribution >= 4 is 8.30 Å². The average Bonchev–Trinajstić information content (AvgIpc) is 2.75. The Morgan fingerprint density at radius 2 is 1.48 bits per heavy atom. The summed E-state index contributed by atoms with van der Waals surface area (Å²) in [7, 11) is 0. The van der Waals surface area contributed by atoms with E-state index in [-0.39, 0.29) is 10.8 Å². The first-order valence-electron chi connectivity index (χ1n) is 7.01. The summed E-state index contributed by atoms with van der Waals surface area (Å²) in [6, 6.07) is 0. The van der Waals surface area contributed by atoms with E-state index >= 15 is 0 Å². The summed E-state index contributed by atoms with van der Waals surface area (Å²) in [5.41, 5.74) is 0.429. The molecule has 0 unspecified atom stereocenters. The Hall–Kier alpha value is 0.327. The van der Waals surface area contributed by atoms with Gasteiger partial charge in [-0.2, -0.15) is 0 Å². The molecule has 0 N–H and O–H groups in total. The fourth-order valence-corrected chi connectivity index (χ4v) is 1.32. The molecule has 0 aliphatic carbocycles. The molecule has 1 heterocycles. The van der Waals surface area contributed by atoms with Gasteiger partial charge in [-0.3, -0.25) is 0 Å². The molecule has 1 rings (SSSR count). The van der Waals surface area contributed by atoms with E-state index in [2.05, 4.69) is 77.9 Å². The van der Waals surface area contributed by atoms with E-state index in [4.69, 9.17) is 4.42 Å². The van der Waals surface area contributed by atoms with Crippen LogP contribution in [0.1, 0.15) is 74.0 Å². The molecule has 0 saturated carbocycles. The molecular weight excluding hydrogens is 602 g/mol. The van der Waals surface area contributed by atoms with E-state index in [0.29, 0.717) is 5.41 Å². The second-order valence-electron chi connectivity index (χ2n) is 8.14. The maximum absolute atomic E-state index is 5.75. The zero-order chi connectivity index (χ0) is 17.1. The van der Waals surface area contributed by atoms with Crippen LogP contribution < -0.4 is 0 Å². The third-order valence-electron chi connectivity index (χ3n) is 2.29. The van der Waals surface area contributed by atoms with Gasteiger partial charge in [0.25, 0.3) is 0 Å². The number of hydrogen-bond donors (Lipinski definition) is 0. The first-order valence-corrected chi connectivity index (χ1v) is 9.95. The maximum atomic E-state index is 5.75. The molecule has 0 aromatic carbocycles. The summed E-state index contributed by atoms with van der Waals surface area (Å²) in [5.74, 6) is 1.59. The van der Waals surface area contributed by atoms with Crippen LogP contribution in [0.4, 0.5) is 0 Å². The molecule has 0 amide bonds. The van der Waals surface area contributed by atoms with Gasteiger partial charge in [-0.25, -0.2) is 0 Å². The van der Waals surface area contributed by atoms with Gasteiger partial charge in [0.2, 0.25) is 0 Å². The summed E-state index contributed by atoms with van der Waals surface area (Å²) >= 11 is 2.86. The molecule has 0 fully saturated rings. The number of hydrogen-bond acceptors (Lipinski definition) is 2. The number of oxazole rings is 1. The van der Waals surface area contributed by atoms with Gasteiger partial charge in [0.1, 0.15) is 0 Å². The molecule has 0 atom stereocenters. The van der Waals surface area contributed by atoms with Crippen molar-refractivity contribution in [3.63, 3.8) is 0 Å². The van der Waals surface area contributed by atoms with Gasteiger partial charge >= 0.3 is 153 Å². The summed E-state index contributed by atoms with van der Waals surface area (Å²) in [5, 5.41) is 0. The van der Waals surface area contributed by atoms with Crippen molar-refractivity contribution in [3.8, 4) is 0 Å². The van der Waals surface area contributed by atoms with Crippen molar-refractivity contribution in [1.82, 2.24) is 4.98 Å². The molecule has 120 valence electrons. The van der Waals surface area contributed by atoms with E-state index in [9.17, 15) is 0 Å². The van der Waals surface area contributed by atoms with Crippen molar-refractivity contribution in [1.29, 1.82) is 0 Å². The Morgan fingerprint density at radius 1 is 1.05 bits per heavy atom. The summed E-state index contributed by atoms with van der Waals surface area (Å²) in [6.45, 7) is 19.3. The standard InChI is InChI=1S/C12H18NO.C5H9.2W/c1-11(2,3)7-9-8-13-10(14-9)12(4,5)6;1-5(2,3)4;;/h1-6H3;1-3H3;;/q2*-1;;. The Bertz CT molecular complexity index is 482. The second-order valence-corrected chi connectivity index (χ2v) is 10.3. The van der Waals surface area contributed by atoms with Crippen molar-refractivity contribution in [2.45, 2.75) is 67.7 Å². The van der Waals surface area contributed by atoms with Gasteiger partial charge in [0.05, 0.1) is 0 Å². The predicted octanol–water partition coefficient (Wildman–Crippen LogP) is 4.14. The summed E-state index contributed by atoms with van der Waals surface area (Å²) < 4.78 is 10.2. The quantitative estimate of drug-likeness (QED) is 0.437. The minimum atomic E-state index is -0.0394. The molecule has 4 heteroatoms. The fourth-order valence-electron chi connectivity index (χ4n) is 1.00. The molecule has 1 aromatic rings. The monoisotopic (exact) mass is 629 g/mol. The summed E-state index contributed by atoms with van der Waals surface area (Å²) in [6.07, 6.45) is 2.99. The van der Waals surface area contributed by atoms with E-state index in [1.54, 1.807) is 0 Å². The molecule has 0 aliphatic heterocycles. The SMILES string of the molecule is CC(C)(C)[C-]=[W].CC(C)(C)[C](=[W])c1[c-]nc(C(C)(C)C)o1. The zero-order valence-corrected chi connectivity index (χ0v) is 20.5. The third kappa shape index (κ3) is 8.51. The van der Waals surface area contributed by atoms with Crippen LogP contribution >= 0.6 is 0 Å². The van der Waals surface area contributed by atoms with Crippen molar-refractivity contribution < 1.29 is 43.1 Å². The molecule has 1 aromatic heterocycles. The first kappa shape index (κ1) is 21.3. The number of nitrogens with zero attached hydrogens (tertiary/aromatic N) is 1. The van der Waals surface area contributed by atoms with Crippen LogP contribution in [-0.4, -0.2) is 13.3 Å². The van der Waals surface area contributed by atoms with E-state index in [1.807, 2.05) is 0 Å². The third-order valence-corrected chi connectivity index (χ3v) is 7.36. The van der Waals surface area contributed by atoms with Gasteiger partial charge in [-0.1, -0.05) is 0 Å². The van der Waals surface area contributed by atoms with Gasteiger partial charge in [0.15, 0.2) is 0 Å². The molecule has 0 saturated heterocycles. The van der Waals surface area contributed by atoms with Crippen LogP contribution in [0.5, 0.6) is 0 Å². The second kappa shape index (κ2) is 7.74. The molecule has 0 bridgehead atoms. The molecule has 0 aliphatic rings. The Kier molecular flexibility index (Phi) is 7.86. The van der Waals surface area contributed by atoms with Gasteiger partial charge in [-0.15, -0.1) is 0 Å². The average molecular weight is 629 g/mol. The number of aromatic nitrogens is 1. The topological polar surface area (TPSA) is 26.0 Å². The summed E-state index contributed by atoms with van der Waals surface area (Å²) in [4.78, 5) is 4.22. The van der Waals surface area contributed by atoms with Crippen LogP contribution in [0.15, 0.2) is 4.42 Å². The Morgan fingerprint density at radius 3 is 1.71 bits per heavy atom. The van der Waals surface area contributed by atoms with Crippen molar-refractivity contribution in [2.75, 3.05) is 0 Å². The van der Waals surface area contributed by atoms with Gasteiger partial charge in [0, 0.05) is 0 Å².